The van der Waals surface area contributed by atoms with Crippen LogP contribution in [-0.2, 0) is 13.2 Å². The summed E-state index contributed by atoms with van der Waals surface area (Å²) in [6, 6.07) is 6.93. The predicted molar refractivity (Wildman–Crippen MR) is 121 cm³/mol. The summed E-state index contributed by atoms with van der Waals surface area (Å²) in [6.45, 7) is 1.26. The molecule has 1 aromatic carbocycles. The first-order valence-corrected chi connectivity index (χ1v) is 11.8. The van der Waals surface area contributed by atoms with Gasteiger partial charge in [0.25, 0.3) is 0 Å². The summed E-state index contributed by atoms with van der Waals surface area (Å²) < 4.78 is 68.4. The number of hydrogen-bond acceptors (Lipinski definition) is 6. The molecule has 3 aliphatic rings. The molecule has 0 spiro atoms. The van der Waals surface area contributed by atoms with Crippen LogP contribution in [0.4, 0.5) is 23.4 Å². The normalized spacial score (nSPS) is 20.1. The highest BCUT2D eigenvalue weighted by atomic mass is 19.3. The molecule has 1 unspecified atom stereocenters. The quantitative estimate of drug-likeness (QED) is 0.452. The van der Waals surface area contributed by atoms with E-state index >= 15 is 0 Å². The number of benzene rings is 1. The van der Waals surface area contributed by atoms with Gasteiger partial charge in [-0.05, 0) is 36.6 Å². The molecule has 1 saturated carbocycles. The molecule has 188 valence electrons. The van der Waals surface area contributed by atoms with Gasteiger partial charge in [-0.1, -0.05) is 0 Å². The minimum atomic E-state index is -2.71. The van der Waals surface area contributed by atoms with Gasteiger partial charge in [-0.2, -0.15) is 4.98 Å². The maximum Gasteiger partial charge on any atom is 0.352 e. The Morgan fingerprint density at radius 3 is 2.64 bits per heavy atom. The first kappa shape index (κ1) is 22.8. The second-order valence-corrected chi connectivity index (χ2v) is 9.49. The molecule has 1 aliphatic carbocycles. The number of hydrogen-bond donors (Lipinski definition) is 0. The second kappa shape index (κ2) is 8.49. The number of aromatic nitrogens is 3. The molecule has 2 aromatic heterocycles. The standard InChI is InChI=1S/C25H22F4N4O3/c26-18-6-14(13-35-21-9-22-32-5-1-2-16(32)12-33(22)24(34)31-21)7-19(27)23(18)36-17-3-4-30-20(8-17)15-10-25(28,29)11-15/h3-4,6-9,15-16H,1-2,5,10-13H2. The highest BCUT2D eigenvalue weighted by Gasteiger charge is 2.46. The van der Waals surface area contributed by atoms with Crippen molar-refractivity contribution < 1.29 is 27.0 Å². The lowest BCUT2D eigenvalue weighted by molar-refractivity contribution is -0.0876. The Kier molecular flexibility index (Phi) is 5.38. The Labute approximate surface area is 203 Å². The smallest absolute Gasteiger partial charge is 0.352 e. The number of anilines is 1. The fraction of sp³-hybridized carbons (Fsp3) is 0.400. The van der Waals surface area contributed by atoms with Crippen LogP contribution in [0.2, 0.25) is 0 Å². The molecular weight excluding hydrogens is 480 g/mol. The fourth-order valence-electron chi connectivity index (χ4n) is 5.15. The van der Waals surface area contributed by atoms with Crippen molar-refractivity contribution in [2.24, 2.45) is 0 Å². The highest BCUT2D eigenvalue weighted by molar-refractivity contribution is 5.48. The first-order chi connectivity index (χ1) is 17.3. The average Bonchev–Trinajstić information content (AvgIpc) is 3.41. The van der Waals surface area contributed by atoms with E-state index in [1.54, 1.807) is 10.6 Å². The molecule has 1 saturated heterocycles. The summed E-state index contributed by atoms with van der Waals surface area (Å²) in [5, 5.41) is 0. The largest absolute Gasteiger partial charge is 0.473 e. The summed E-state index contributed by atoms with van der Waals surface area (Å²) in [5.74, 6) is -4.73. The van der Waals surface area contributed by atoms with Crippen molar-refractivity contribution in [3.63, 3.8) is 0 Å². The Bertz CT molecular complexity index is 1360. The Hall–Kier alpha value is -3.63. The van der Waals surface area contributed by atoms with E-state index in [1.165, 1.54) is 18.3 Å². The van der Waals surface area contributed by atoms with E-state index < -0.39 is 34.9 Å². The fourth-order valence-corrected chi connectivity index (χ4v) is 5.15. The molecule has 11 heteroatoms. The molecule has 0 bridgehead atoms. The topological polar surface area (TPSA) is 69.5 Å². The molecule has 6 rings (SSSR count). The van der Waals surface area contributed by atoms with Gasteiger partial charge in [0.1, 0.15) is 18.2 Å². The van der Waals surface area contributed by atoms with Crippen LogP contribution in [-0.4, -0.2) is 33.0 Å². The second-order valence-electron chi connectivity index (χ2n) is 9.49. The first-order valence-electron chi connectivity index (χ1n) is 11.8. The summed E-state index contributed by atoms with van der Waals surface area (Å²) in [4.78, 5) is 22.6. The van der Waals surface area contributed by atoms with Crippen molar-refractivity contribution in [2.45, 2.75) is 56.7 Å². The van der Waals surface area contributed by atoms with E-state index in [1.807, 2.05) is 0 Å². The molecule has 3 aromatic rings. The average molecular weight is 502 g/mol. The van der Waals surface area contributed by atoms with Gasteiger partial charge in [-0.15, -0.1) is 0 Å². The van der Waals surface area contributed by atoms with Crippen molar-refractivity contribution >= 4 is 5.82 Å². The van der Waals surface area contributed by atoms with Gasteiger partial charge in [0.15, 0.2) is 17.4 Å². The van der Waals surface area contributed by atoms with Crippen LogP contribution in [0.25, 0.3) is 0 Å². The van der Waals surface area contributed by atoms with Crippen molar-refractivity contribution in [1.82, 2.24) is 14.5 Å². The van der Waals surface area contributed by atoms with Crippen LogP contribution < -0.4 is 20.1 Å². The Morgan fingerprint density at radius 1 is 1.11 bits per heavy atom. The number of rotatable bonds is 6. The zero-order valence-electron chi connectivity index (χ0n) is 19.1. The van der Waals surface area contributed by atoms with E-state index in [0.717, 1.165) is 37.3 Å². The van der Waals surface area contributed by atoms with Gasteiger partial charge in [-0.25, -0.2) is 22.4 Å². The lowest BCUT2D eigenvalue weighted by Gasteiger charge is -2.34. The van der Waals surface area contributed by atoms with E-state index in [9.17, 15) is 22.4 Å². The van der Waals surface area contributed by atoms with E-state index in [2.05, 4.69) is 14.9 Å². The van der Waals surface area contributed by atoms with E-state index in [4.69, 9.17) is 9.47 Å². The zero-order chi connectivity index (χ0) is 25.0. The third-order valence-electron chi connectivity index (χ3n) is 6.96. The molecule has 0 N–H and O–H groups in total. The Balaban J connectivity index is 1.15. The number of alkyl halides is 2. The minimum absolute atomic E-state index is 0.0887. The van der Waals surface area contributed by atoms with Gasteiger partial charge >= 0.3 is 5.69 Å². The summed E-state index contributed by atoms with van der Waals surface area (Å²) in [5.41, 5.74) is 0.161. The molecule has 7 nitrogen and oxygen atoms in total. The Morgan fingerprint density at radius 2 is 1.89 bits per heavy atom. The zero-order valence-corrected chi connectivity index (χ0v) is 19.1. The maximum atomic E-state index is 14.7. The molecule has 0 amide bonds. The molecule has 4 heterocycles. The van der Waals surface area contributed by atoms with Crippen molar-refractivity contribution in [2.75, 3.05) is 11.4 Å². The van der Waals surface area contributed by atoms with Gasteiger partial charge in [0.05, 0.1) is 0 Å². The van der Waals surface area contributed by atoms with Crippen molar-refractivity contribution in [3.8, 4) is 17.4 Å². The van der Waals surface area contributed by atoms with Crippen molar-refractivity contribution in [1.29, 1.82) is 0 Å². The minimum Gasteiger partial charge on any atom is -0.473 e. The van der Waals surface area contributed by atoms with Gasteiger partial charge in [-0.3, -0.25) is 9.55 Å². The summed E-state index contributed by atoms with van der Waals surface area (Å²) >= 11 is 0. The van der Waals surface area contributed by atoms with Gasteiger partial charge in [0.2, 0.25) is 11.8 Å². The highest BCUT2D eigenvalue weighted by Crippen LogP contribution is 2.48. The molecular formula is C25H22F4N4O3. The van der Waals surface area contributed by atoms with Crippen LogP contribution in [0.1, 0.15) is 42.9 Å². The van der Waals surface area contributed by atoms with Gasteiger partial charge in [0, 0.05) is 61.9 Å². The number of fused-ring (bicyclic) bond motifs is 3. The predicted octanol–water partition coefficient (Wildman–Crippen LogP) is 4.78. The third-order valence-corrected chi connectivity index (χ3v) is 6.96. The van der Waals surface area contributed by atoms with E-state index in [-0.39, 0.29) is 42.7 Å². The van der Waals surface area contributed by atoms with E-state index in [0.29, 0.717) is 12.2 Å². The van der Waals surface area contributed by atoms with Crippen molar-refractivity contribution in [3.05, 3.63) is 69.9 Å². The third kappa shape index (κ3) is 4.16. The molecule has 2 fully saturated rings. The lowest BCUT2D eigenvalue weighted by Crippen LogP contribution is -2.34. The van der Waals surface area contributed by atoms with Crippen LogP contribution in [0.5, 0.6) is 17.4 Å². The van der Waals surface area contributed by atoms with Gasteiger partial charge < -0.3 is 14.4 Å². The number of halogens is 4. The molecule has 2 aliphatic heterocycles. The number of pyridine rings is 1. The van der Waals surface area contributed by atoms with Crippen LogP contribution in [0.15, 0.2) is 41.3 Å². The maximum absolute atomic E-state index is 14.7. The number of nitrogens with zero attached hydrogens (tertiary/aromatic N) is 4. The van der Waals surface area contributed by atoms with Crippen LogP contribution in [0.3, 0.4) is 0 Å². The summed E-state index contributed by atoms with van der Waals surface area (Å²) in [6.07, 6.45) is 2.80. The SMILES string of the molecule is O=c1nc(OCc2cc(F)c(Oc3ccnc(C4CC(F)(F)C4)c3)c(F)c2)cc2n1CC1CCCN21. The molecule has 36 heavy (non-hydrogen) atoms. The monoisotopic (exact) mass is 502 g/mol. The van der Waals surface area contributed by atoms with Crippen LogP contribution >= 0.6 is 0 Å². The summed E-state index contributed by atoms with van der Waals surface area (Å²) in [7, 11) is 0. The molecule has 0 radical (unpaired) electrons. The lowest BCUT2D eigenvalue weighted by atomic mass is 9.79. The number of ether oxygens (including phenoxy) is 2. The molecule has 1 atom stereocenters. The van der Waals surface area contributed by atoms with Crippen LogP contribution in [0, 0.1) is 11.6 Å².